The van der Waals surface area contributed by atoms with E-state index in [1.807, 2.05) is 0 Å². The van der Waals surface area contributed by atoms with Crippen LogP contribution in [0.3, 0.4) is 0 Å². The largest absolute Gasteiger partial charge is 0.416 e. The number of halogens is 3. The van der Waals surface area contributed by atoms with Crippen LogP contribution in [-0.2, 0) is 11.0 Å². The highest BCUT2D eigenvalue weighted by atomic mass is 19.4. The van der Waals surface area contributed by atoms with E-state index in [9.17, 15) is 18.0 Å². The number of benzene rings is 1. The molecule has 3 nitrogen and oxygen atoms in total. The second-order valence-electron chi connectivity index (χ2n) is 4.35. The lowest BCUT2D eigenvalue weighted by molar-refractivity contribution is -0.137. The van der Waals surface area contributed by atoms with Crippen molar-refractivity contribution < 1.29 is 18.0 Å². The van der Waals surface area contributed by atoms with Crippen molar-refractivity contribution in [1.29, 1.82) is 0 Å². The number of alkyl halides is 3. The predicted octanol–water partition coefficient (Wildman–Crippen LogP) is 2.02. The maximum Gasteiger partial charge on any atom is 0.416 e. The number of hydrogen-bond acceptors (Lipinski definition) is 2. The number of hydrogen-bond donors (Lipinski definition) is 1. The molecule has 1 aromatic carbocycles. The zero-order chi connectivity index (χ0) is 13.3. The van der Waals surface area contributed by atoms with Gasteiger partial charge in [-0.05, 0) is 36.7 Å². The second-order valence-corrected chi connectivity index (χ2v) is 4.35. The Balaban J connectivity index is 2.18. The molecular weight excluding hydrogens is 245 g/mol. The maximum absolute atomic E-state index is 12.4. The highest BCUT2D eigenvalue weighted by molar-refractivity contribution is 5.95. The molecule has 1 aliphatic heterocycles. The summed E-state index contributed by atoms with van der Waals surface area (Å²) < 4.78 is 37.2. The van der Waals surface area contributed by atoms with Gasteiger partial charge >= 0.3 is 6.18 Å². The topological polar surface area (TPSA) is 46.3 Å². The lowest BCUT2D eigenvalue weighted by atomic mass is 10.1. The van der Waals surface area contributed by atoms with Gasteiger partial charge < -0.3 is 10.6 Å². The summed E-state index contributed by atoms with van der Waals surface area (Å²) in [5.41, 5.74) is 5.27. The Morgan fingerprint density at radius 1 is 1.28 bits per heavy atom. The Kier molecular flexibility index (Phi) is 3.30. The fraction of sp³-hybridized carbons (Fsp3) is 0.417. The average Bonchev–Trinajstić information content (AvgIpc) is 2.70. The number of amides is 1. The molecule has 1 amide bonds. The second kappa shape index (κ2) is 4.61. The van der Waals surface area contributed by atoms with Crippen LogP contribution in [0.15, 0.2) is 24.3 Å². The van der Waals surface area contributed by atoms with E-state index in [1.165, 1.54) is 17.0 Å². The minimum Gasteiger partial charge on any atom is -0.330 e. The Hall–Kier alpha value is -1.56. The summed E-state index contributed by atoms with van der Waals surface area (Å²) in [6.45, 7) is 0.879. The first-order valence-corrected chi connectivity index (χ1v) is 5.59. The molecule has 1 aromatic rings. The van der Waals surface area contributed by atoms with Crippen LogP contribution in [0.25, 0.3) is 0 Å². The summed E-state index contributed by atoms with van der Waals surface area (Å²) in [7, 11) is 0. The highest BCUT2D eigenvalue weighted by Crippen LogP contribution is 2.31. The molecule has 2 N–H and O–H groups in total. The van der Waals surface area contributed by atoms with Crippen LogP contribution in [-0.4, -0.2) is 19.0 Å². The summed E-state index contributed by atoms with van der Waals surface area (Å²) >= 11 is 0. The van der Waals surface area contributed by atoms with Crippen LogP contribution in [0.4, 0.5) is 18.9 Å². The van der Waals surface area contributed by atoms with Crippen molar-refractivity contribution >= 4 is 11.6 Å². The summed E-state index contributed by atoms with van der Waals surface area (Å²) in [5, 5.41) is 0. The lowest BCUT2D eigenvalue weighted by Gasteiger charge is -2.17. The van der Waals surface area contributed by atoms with Crippen LogP contribution in [0, 0.1) is 5.92 Å². The maximum atomic E-state index is 12.4. The van der Waals surface area contributed by atoms with Gasteiger partial charge in [0.05, 0.1) is 5.56 Å². The van der Waals surface area contributed by atoms with Crippen molar-refractivity contribution in [3.05, 3.63) is 29.8 Å². The summed E-state index contributed by atoms with van der Waals surface area (Å²) in [5.74, 6) is -0.00926. The molecule has 0 aliphatic carbocycles. The normalized spacial score (nSPS) is 20.6. The molecule has 1 atom stereocenters. The van der Waals surface area contributed by atoms with Crippen LogP contribution in [0.2, 0.25) is 0 Å². The van der Waals surface area contributed by atoms with Crippen LogP contribution in [0.1, 0.15) is 12.0 Å². The molecule has 18 heavy (non-hydrogen) atoms. The third-order valence-corrected chi connectivity index (χ3v) is 3.04. The summed E-state index contributed by atoms with van der Waals surface area (Å²) in [6.07, 6.45) is -4.00. The minimum atomic E-state index is -4.35. The van der Waals surface area contributed by atoms with E-state index >= 15 is 0 Å². The number of carbonyl (C=O) groups excluding carboxylic acids is 1. The first-order chi connectivity index (χ1) is 8.41. The fourth-order valence-corrected chi connectivity index (χ4v) is 2.02. The summed E-state index contributed by atoms with van der Waals surface area (Å²) in [4.78, 5) is 13.2. The van der Waals surface area contributed by atoms with E-state index in [4.69, 9.17) is 5.73 Å². The Labute approximate surface area is 102 Å². The zero-order valence-electron chi connectivity index (χ0n) is 9.57. The highest BCUT2D eigenvalue weighted by Gasteiger charge is 2.32. The summed E-state index contributed by atoms with van der Waals surface area (Å²) in [6, 6.07) is 4.61. The number of nitrogens with zero attached hydrogens (tertiary/aromatic N) is 1. The van der Waals surface area contributed by atoms with Crippen LogP contribution >= 0.6 is 0 Å². The molecule has 1 saturated heterocycles. The van der Waals surface area contributed by atoms with E-state index in [0.717, 1.165) is 12.1 Å². The van der Waals surface area contributed by atoms with Crippen molar-refractivity contribution in [2.45, 2.75) is 12.6 Å². The lowest BCUT2D eigenvalue weighted by Crippen LogP contribution is -2.25. The average molecular weight is 258 g/mol. The molecule has 6 heteroatoms. The van der Waals surface area contributed by atoms with E-state index in [1.54, 1.807) is 0 Å². The van der Waals surface area contributed by atoms with E-state index in [2.05, 4.69) is 0 Å². The van der Waals surface area contributed by atoms with Crippen molar-refractivity contribution in [2.24, 2.45) is 11.7 Å². The van der Waals surface area contributed by atoms with Gasteiger partial charge in [0.25, 0.3) is 0 Å². The Bertz CT molecular complexity index is 442. The molecule has 0 bridgehead atoms. The fourth-order valence-electron chi connectivity index (χ4n) is 2.02. The molecule has 1 aliphatic rings. The first-order valence-electron chi connectivity index (χ1n) is 5.59. The van der Waals surface area contributed by atoms with Crippen LogP contribution in [0.5, 0.6) is 0 Å². The number of nitrogens with two attached hydrogens (primary N) is 1. The van der Waals surface area contributed by atoms with Gasteiger partial charge in [0.1, 0.15) is 0 Å². The van der Waals surface area contributed by atoms with Gasteiger partial charge in [0.15, 0.2) is 0 Å². The predicted molar refractivity (Wildman–Crippen MR) is 61.0 cm³/mol. The smallest absolute Gasteiger partial charge is 0.330 e. The minimum absolute atomic E-state index is 0.0831. The Morgan fingerprint density at radius 3 is 2.33 bits per heavy atom. The van der Waals surface area contributed by atoms with E-state index in [-0.39, 0.29) is 11.8 Å². The van der Waals surface area contributed by atoms with Gasteiger partial charge in [0.2, 0.25) is 5.91 Å². The number of carbonyl (C=O) groups is 1. The molecule has 1 unspecified atom stereocenters. The standard InChI is InChI=1S/C12H13F3N2O/c13-12(14,15)9-1-3-10(4-2-9)17-7-8(6-16)5-11(17)18/h1-4,8H,5-7,16H2. The Morgan fingerprint density at radius 2 is 1.89 bits per heavy atom. The molecule has 1 heterocycles. The molecule has 2 rings (SSSR count). The molecule has 0 saturated carbocycles. The van der Waals surface area contributed by atoms with E-state index < -0.39 is 11.7 Å². The van der Waals surface area contributed by atoms with Crippen LogP contribution < -0.4 is 10.6 Å². The first kappa shape index (κ1) is 12.9. The van der Waals surface area contributed by atoms with E-state index in [0.29, 0.717) is 25.2 Å². The third kappa shape index (κ3) is 2.48. The van der Waals surface area contributed by atoms with Gasteiger partial charge in [-0.1, -0.05) is 0 Å². The van der Waals surface area contributed by atoms with Gasteiger partial charge in [-0.15, -0.1) is 0 Å². The SMILES string of the molecule is NCC1CC(=O)N(c2ccc(C(F)(F)F)cc2)C1. The monoisotopic (exact) mass is 258 g/mol. The molecule has 1 fully saturated rings. The van der Waals surface area contributed by atoms with Crippen molar-refractivity contribution in [1.82, 2.24) is 0 Å². The van der Waals surface area contributed by atoms with Crippen molar-refractivity contribution in [3.63, 3.8) is 0 Å². The quantitative estimate of drug-likeness (QED) is 0.882. The molecule has 0 aromatic heterocycles. The molecule has 0 spiro atoms. The van der Waals surface area contributed by atoms with Crippen molar-refractivity contribution in [3.8, 4) is 0 Å². The zero-order valence-corrected chi connectivity index (χ0v) is 9.57. The van der Waals surface area contributed by atoms with Crippen molar-refractivity contribution in [2.75, 3.05) is 18.0 Å². The van der Waals surface area contributed by atoms with Gasteiger partial charge in [-0.2, -0.15) is 13.2 Å². The van der Waals surface area contributed by atoms with Gasteiger partial charge in [0, 0.05) is 18.7 Å². The number of rotatable bonds is 2. The number of anilines is 1. The molecule has 98 valence electrons. The van der Waals surface area contributed by atoms with Gasteiger partial charge in [-0.3, -0.25) is 4.79 Å². The molecular formula is C12H13F3N2O. The van der Waals surface area contributed by atoms with Gasteiger partial charge in [-0.25, -0.2) is 0 Å². The third-order valence-electron chi connectivity index (χ3n) is 3.04. The molecule has 0 radical (unpaired) electrons.